The lowest BCUT2D eigenvalue weighted by Gasteiger charge is -2.52. The lowest BCUT2D eigenvalue weighted by atomic mass is 9.77. The fourth-order valence-corrected chi connectivity index (χ4v) is 11.9. The quantitative estimate of drug-likeness (QED) is 0.332. The number of H-pyrrole nitrogens is 1. The molecular formula is C52H34N8. The lowest BCUT2D eigenvalue weighted by molar-refractivity contribution is 0.0495. The van der Waals surface area contributed by atoms with E-state index < -0.39 is 11.3 Å². The highest BCUT2D eigenvalue weighted by Gasteiger charge is 3.23. The molecule has 15 aliphatic rings. The summed E-state index contributed by atoms with van der Waals surface area (Å²) in [6.07, 6.45) is 56.5. The molecule has 0 aromatic carbocycles. The van der Waals surface area contributed by atoms with Crippen LogP contribution < -0.4 is 26.7 Å². The van der Waals surface area contributed by atoms with E-state index in [1.54, 1.807) is 0 Å². The maximum absolute atomic E-state index is 5.76. The maximum Gasteiger partial charge on any atom is 0.164 e. The fraction of sp³-hybridized carbons (Fsp3) is 0.154. The number of fused-ring (bicyclic) bond motifs is 21. The van der Waals surface area contributed by atoms with Crippen molar-refractivity contribution in [2.75, 3.05) is 0 Å². The summed E-state index contributed by atoms with van der Waals surface area (Å²) in [7, 11) is 0. The minimum Gasteiger partial charge on any atom is -0.324 e. The first-order valence-corrected chi connectivity index (χ1v) is 20.9. The van der Waals surface area contributed by atoms with Gasteiger partial charge in [0.05, 0.1) is 10.8 Å². The Labute approximate surface area is 344 Å². The molecule has 0 unspecified atom stereocenters. The Morgan fingerprint density at radius 2 is 0.750 bits per heavy atom. The Bertz CT molecular complexity index is 3250. The summed E-state index contributed by atoms with van der Waals surface area (Å²) >= 11 is 0. The molecule has 8 nitrogen and oxygen atoms in total. The Balaban J connectivity index is 1.06. The maximum atomic E-state index is 5.76. The van der Waals surface area contributed by atoms with E-state index >= 15 is 0 Å². The van der Waals surface area contributed by atoms with E-state index in [0.717, 1.165) is 58.4 Å². The van der Waals surface area contributed by atoms with Gasteiger partial charge in [-0.15, -0.1) is 0 Å². The van der Waals surface area contributed by atoms with Crippen LogP contribution in [0.15, 0.2) is 231 Å². The molecule has 0 radical (unpaired) electrons. The molecule has 6 heterocycles. The van der Waals surface area contributed by atoms with Gasteiger partial charge >= 0.3 is 0 Å². The molecule has 2 saturated heterocycles. The highest BCUT2D eigenvalue weighted by molar-refractivity contribution is 6.28. The molecular weight excluding hydrogens is 737 g/mol. The molecule has 16 rings (SSSR count). The van der Waals surface area contributed by atoms with Gasteiger partial charge in [-0.3, -0.25) is 5.32 Å². The number of aromatic nitrogens is 1. The van der Waals surface area contributed by atoms with Gasteiger partial charge in [0.2, 0.25) is 0 Å². The zero-order valence-corrected chi connectivity index (χ0v) is 32.4. The first-order chi connectivity index (χ1) is 29.5. The van der Waals surface area contributed by atoms with Gasteiger partial charge in [-0.1, -0.05) is 109 Å². The van der Waals surface area contributed by atoms with Crippen molar-refractivity contribution in [3.8, 4) is 0 Å². The van der Waals surface area contributed by atoms with Crippen LogP contribution in [0, 0.1) is 10.8 Å². The summed E-state index contributed by atoms with van der Waals surface area (Å²) in [5.74, 6) is 2.68. The van der Waals surface area contributed by atoms with Crippen molar-refractivity contribution in [1.29, 1.82) is 0 Å². The molecule has 16 bridgehead atoms. The average Bonchev–Trinajstić information content (AvgIpc) is 3.99. The third-order valence-corrected chi connectivity index (χ3v) is 14.5. The molecule has 8 heteroatoms. The number of aromatic amines is 1. The van der Waals surface area contributed by atoms with Crippen LogP contribution in [0.25, 0.3) is 12.2 Å². The number of nitrogens with zero attached hydrogens (tertiary/aromatic N) is 6. The molecule has 10 aliphatic carbocycles. The third kappa shape index (κ3) is 3.74. The van der Waals surface area contributed by atoms with Crippen molar-refractivity contribution >= 4 is 35.5 Å². The minimum absolute atomic E-state index is 0.375. The molecule has 1 aromatic rings. The summed E-state index contributed by atoms with van der Waals surface area (Å²) in [6, 6.07) is 0. The van der Waals surface area contributed by atoms with E-state index in [-0.39, 0.29) is 10.8 Å². The van der Waals surface area contributed by atoms with Gasteiger partial charge in [0.15, 0.2) is 23.3 Å². The number of aliphatic imine (C=N–C) groups is 4. The average molecular weight is 771 g/mol. The zero-order chi connectivity index (χ0) is 39.0. The second-order valence-electron chi connectivity index (χ2n) is 17.8. The smallest absolute Gasteiger partial charge is 0.164 e. The van der Waals surface area contributed by atoms with E-state index in [1.165, 1.54) is 44.6 Å². The summed E-state index contributed by atoms with van der Waals surface area (Å²) in [5.41, 5.74) is 13.2. The van der Waals surface area contributed by atoms with Crippen molar-refractivity contribution in [2.45, 2.75) is 37.0 Å². The second kappa shape index (κ2) is 10.5. The van der Waals surface area contributed by atoms with Gasteiger partial charge in [-0.2, -0.15) is 0 Å². The second-order valence-corrected chi connectivity index (χ2v) is 17.8. The molecule has 5 aliphatic heterocycles. The van der Waals surface area contributed by atoms with Crippen molar-refractivity contribution in [2.24, 2.45) is 40.8 Å². The molecule has 0 atom stereocenters. The molecule has 0 amide bonds. The standard InChI is InChI=1S/C52H34N8/c1-2-10-30-17-29(9-1)21-37-38(22-30)44-53-43(37)54-45-39-23-31-11-3-5-13-33(18-31)25-41(39)47(56-45)58-51-49-27-35-15-7-8-16-36(20-35)28-50(49,51)52(49,60-51)59-48-42-26-34-14-6-4-12-32(19-34)24-40(42)46(55-44)57-48/h1-16,21-28,60H,17-20H2,(H,53,54,55,56,57,58,59). The number of hydrogen-bond acceptors (Lipinski definition) is 7. The Morgan fingerprint density at radius 3 is 1.17 bits per heavy atom. The topological polar surface area (TPSA) is 102 Å². The number of rotatable bonds is 0. The van der Waals surface area contributed by atoms with Crippen LogP contribution >= 0.6 is 0 Å². The molecule has 282 valence electrons. The van der Waals surface area contributed by atoms with E-state index in [9.17, 15) is 0 Å². The van der Waals surface area contributed by atoms with Gasteiger partial charge < -0.3 is 4.98 Å². The SMILES string of the molecule is C1=CC=C2C=C3C(=CC(=C1)C2)C1=N/C3=N\C23NC4(/N=C5\N=C(N=c6[nH]c(c7c6=CC6=CC=CC=C(C=7)C6)=N1)C1=CC6=CC=CC=C(C=C15)C6)C21C=C2C=CC=CC(=CC341)C2. The first kappa shape index (κ1) is 31.8. The molecule has 2 N–H and O–H groups in total. The largest absolute Gasteiger partial charge is 0.324 e. The van der Waals surface area contributed by atoms with Crippen LogP contribution in [0.2, 0.25) is 0 Å². The Hall–Kier alpha value is -7.16. The van der Waals surface area contributed by atoms with Crippen molar-refractivity contribution in [1.82, 2.24) is 10.3 Å². The van der Waals surface area contributed by atoms with Gasteiger partial charge in [-0.05, 0) is 107 Å². The van der Waals surface area contributed by atoms with Gasteiger partial charge in [0.25, 0.3) is 0 Å². The molecule has 1 aromatic heterocycles. The van der Waals surface area contributed by atoms with Gasteiger partial charge in [0, 0.05) is 32.7 Å². The predicted octanol–water partition coefficient (Wildman–Crippen LogP) is 6.01. The monoisotopic (exact) mass is 770 g/mol. The minimum atomic E-state index is -0.613. The van der Waals surface area contributed by atoms with Crippen molar-refractivity contribution in [3.05, 3.63) is 222 Å². The number of amidine groups is 4. The van der Waals surface area contributed by atoms with E-state index in [2.05, 4.69) is 156 Å². The highest BCUT2D eigenvalue weighted by atomic mass is 15.6. The highest BCUT2D eigenvalue weighted by Crippen LogP contribution is 3.07. The Morgan fingerprint density at radius 1 is 0.383 bits per heavy atom. The Kier molecular flexibility index (Phi) is 5.57. The van der Waals surface area contributed by atoms with Crippen LogP contribution in [-0.4, -0.2) is 39.7 Å². The number of nitrogens with one attached hydrogen (secondary N) is 2. The summed E-state index contributed by atoms with van der Waals surface area (Å²) in [5, 5.41) is 5.94. The fourth-order valence-electron chi connectivity index (χ4n) is 11.9. The van der Waals surface area contributed by atoms with Gasteiger partial charge in [0.1, 0.15) is 22.3 Å². The van der Waals surface area contributed by atoms with Crippen molar-refractivity contribution < 1.29 is 0 Å². The molecule has 60 heavy (non-hydrogen) atoms. The van der Waals surface area contributed by atoms with Gasteiger partial charge in [-0.25, -0.2) is 30.0 Å². The van der Waals surface area contributed by atoms with Crippen LogP contribution in [0.4, 0.5) is 0 Å². The third-order valence-electron chi connectivity index (χ3n) is 14.5. The molecule has 4 fully saturated rings. The molecule has 2 saturated carbocycles. The normalized spacial score (nSPS) is 35.5. The van der Waals surface area contributed by atoms with Crippen LogP contribution in [0.3, 0.4) is 0 Å². The van der Waals surface area contributed by atoms with E-state index in [1.807, 2.05) is 0 Å². The van der Waals surface area contributed by atoms with Crippen molar-refractivity contribution in [3.63, 3.8) is 0 Å². The number of allylic oxidation sites excluding steroid dienone is 28. The van der Waals surface area contributed by atoms with E-state index in [0.29, 0.717) is 34.3 Å². The predicted molar refractivity (Wildman–Crippen MR) is 236 cm³/mol. The van der Waals surface area contributed by atoms with Crippen LogP contribution in [-0.2, 0) is 0 Å². The lowest BCUT2D eigenvalue weighted by Crippen LogP contribution is -2.75. The van der Waals surface area contributed by atoms with Crippen LogP contribution in [0.5, 0.6) is 0 Å². The number of hydrogen-bond donors (Lipinski definition) is 2. The van der Waals surface area contributed by atoms with Crippen LogP contribution in [0.1, 0.15) is 25.7 Å². The summed E-state index contributed by atoms with van der Waals surface area (Å²) in [4.78, 5) is 37.0. The summed E-state index contributed by atoms with van der Waals surface area (Å²) in [6.45, 7) is 0. The van der Waals surface area contributed by atoms with E-state index in [4.69, 9.17) is 30.0 Å². The summed E-state index contributed by atoms with van der Waals surface area (Å²) < 4.78 is 0. The molecule has 4 spiro atoms. The zero-order valence-electron chi connectivity index (χ0n) is 32.4. The first-order valence-electron chi connectivity index (χ1n) is 20.9.